The molecule has 0 saturated heterocycles. The van der Waals surface area contributed by atoms with E-state index in [1.165, 1.54) is 15.9 Å². The first kappa shape index (κ1) is 19.2. The molecule has 0 unspecified atom stereocenters. The summed E-state index contributed by atoms with van der Waals surface area (Å²) in [5.74, 6) is 0.821. The Morgan fingerprint density at radius 2 is 1.00 bits per heavy atom. The predicted molar refractivity (Wildman–Crippen MR) is 125 cm³/mol. The second kappa shape index (κ2) is 8.94. The third-order valence-corrected chi connectivity index (χ3v) is 8.46. The smallest absolute Gasteiger partial charge is 0.144 e. The summed E-state index contributed by atoms with van der Waals surface area (Å²) in [7, 11) is -2.28. The number of ether oxygens (including phenoxy) is 1. The molecule has 4 aromatic rings. The Bertz CT molecular complexity index is 1010. The third-order valence-electron chi connectivity index (χ3n) is 4.81. The van der Waals surface area contributed by atoms with Gasteiger partial charge in [0.15, 0.2) is 0 Å². The topological polar surface area (TPSA) is 21.6 Å². The van der Waals surface area contributed by atoms with Gasteiger partial charge in [0.2, 0.25) is 0 Å². The van der Waals surface area contributed by atoms with Crippen molar-refractivity contribution < 1.29 is 4.74 Å². The van der Waals surface area contributed by atoms with Crippen molar-refractivity contribution in [2.75, 3.05) is 6.61 Å². The lowest BCUT2D eigenvalue weighted by Gasteiger charge is -2.27. The van der Waals surface area contributed by atoms with Gasteiger partial charge in [0, 0.05) is 15.9 Å². The maximum atomic E-state index is 5.91. The van der Waals surface area contributed by atoms with E-state index in [4.69, 9.17) is 9.48 Å². The minimum Gasteiger partial charge on any atom is -0.492 e. The molecule has 29 heavy (non-hydrogen) atoms. The van der Waals surface area contributed by atoms with Gasteiger partial charge >= 0.3 is 0 Å². The highest BCUT2D eigenvalue weighted by atomic mass is 31.2. The van der Waals surface area contributed by atoms with Gasteiger partial charge in [0.25, 0.3) is 0 Å². The van der Waals surface area contributed by atoms with Crippen molar-refractivity contribution in [3.63, 3.8) is 0 Å². The van der Waals surface area contributed by atoms with Gasteiger partial charge in [-0.25, -0.2) is 4.74 Å². The van der Waals surface area contributed by atoms with Gasteiger partial charge in [-0.1, -0.05) is 103 Å². The summed E-state index contributed by atoms with van der Waals surface area (Å²) in [5.41, 5.74) is 0.888. The molecular formula is C26H24NOP. The van der Waals surface area contributed by atoms with Gasteiger partial charge < -0.3 is 4.74 Å². The Morgan fingerprint density at radius 3 is 1.45 bits per heavy atom. The van der Waals surface area contributed by atoms with E-state index in [2.05, 4.69) is 97.1 Å². The number of nitrogens with zero attached hydrogens (tertiary/aromatic N) is 1. The van der Waals surface area contributed by atoms with Crippen molar-refractivity contribution in [3.05, 3.63) is 115 Å². The predicted octanol–water partition coefficient (Wildman–Crippen LogP) is 5.89. The maximum Gasteiger partial charge on any atom is 0.144 e. The van der Waals surface area contributed by atoms with Crippen LogP contribution in [0.15, 0.2) is 120 Å². The zero-order chi connectivity index (χ0) is 19.9. The van der Waals surface area contributed by atoms with Gasteiger partial charge in [-0.2, -0.15) is 0 Å². The molecule has 0 aliphatic rings. The van der Waals surface area contributed by atoms with Gasteiger partial charge in [-0.3, -0.25) is 0 Å². The van der Waals surface area contributed by atoms with Crippen LogP contribution in [0.3, 0.4) is 0 Å². The van der Waals surface area contributed by atoms with Crippen LogP contribution >= 0.6 is 7.05 Å². The van der Waals surface area contributed by atoms with Crippen LogP contribution in [-0.2, 0) is 0 Å². The van der Waals surface area contributed by atoms with E-state index in [-0.39, 0.29) is 0 Å². The molecule has 0 N–H and O–H groups in total. The van der Waals surface area contributed by atoms with E-state index in [9.17, 15) is 0 Å². The summed E-state index contributed by atoms with van der Waals surface area (Å²) >= 11 is 0. The molecule has 0 radical (unpaired) electrons. The van der Waals surface area contributed by atoms with Crippen molar-refractivity contribution >= 4 is 28.7 Å². The van der Waals surface area contributed by atoms with Gasteiger partial charge in [-0.05, 0) is 19.1 Å². The second-order valence-corrected chi connectivity index (χ2v) is 9.66. The number of hydrogen-bond donors (Lipinski definition) is 0. The second-order valence-electron chi connectivity index (χ2n) is 6.64. The molecule has 0 atom stereocenters. The first-order valence-electron chi connectivity index (χ1n) is 9.85. The molecular weight excluding hydrogens is 373 g/mol. The van der Waals surface area contributed by atoms with Crippen molar-refractivity contribution in [2.45, 2.75) is 6.92 Å². The zero-order valence-electron chi connectivity index (χ0n) is 16.5. The summed E-state index contributed by atoms with van der Waals surface area (Å²) in [5, 5.41) is 3.68. The van der Waals surface area contributed by atoms with Crippen LogP contribution in [0.2, 0.25) is 0 Å². The Labute approximate surface area is 172 Å². The Hall–Kier alpha value is -3.09. The molecule has 0 aromatic heterocycles. The number of hydrogen-bond acceptors (Lipinski definition) is 2. The normalized spacial score (nSPS) is 11.1. The van der Waals surface area contributed by atoms with Crippen molar-refractivity contribution in [2.24, 2.45) is 4.74 Å². The Morgan fingerprint density at radius 1 is 0.586 bits per heavy atom. The molecule has 0 aliphatic heterocycles. The molecule has 4 rings (SSSR count). The quantitative estimate of drug-likeness (QED) is 0.372. The first-order valence-corrected chi connectivity index (χ1v) is 11.6. The molecule has 144 valence electrons. The van der Waals surface area contributed by atoms with E-state index in [0.29, 0.717) is 6.61 Å². The lowest BCUT2D eigenvalue weighted by atomic mass is 10.3. The molecule has 3 heteroatoms. The Kier molecular flexibility index (Phi) is 5.93. The summed E-state index contributed by atoms with van der Waals surface area (Å²) in [6, 6.07) is 40.0. The lowest BCUT2D eigenvalue weighted by Crippen LogP contribution is -2.25. The zero-order valence-corrected chi connectivity index (χ0v) is 17.4. The fraction of sp³-hybridized carbons (Fsp3) is 0.0769. The average molecular weight is 397 g/mol. The summed E-state index contributed by atoms with van der Waals surface area (Å²) in [4.78, 5) is 0. The summed E-state index contributed by atoms with van der Waals surface area (Å²) < 4.78 is 11.4. The molecule has 0 amide bonds. The molecule has 0 bridgehead atoms. The van der Waals surface area contributed by atoms with Crippen LogP contribution in [-0.4, -0.2) is 6.61 Å². The van der Waals surface area contributed by atoms with Crippen LogP contribution in [0.4, 0.5) is 5.69 Å². The minimum absolute atomic E-state index is 0.611. The third kappa shape index (κ3) is 3.90. The molecule has 0 saturated carbocycles. The SMILES string of the molecule is CCOc1ccccc1N=P(c1ccccc1)(c1ccccc1)c1ccccc1. The average Bonchev–Trinajstić information content (AvgIpc) is 2.80. The maximum absolute atomic E-state index is 5.91. The molecule has 0 spiro atoms. The van der Waals surface area contributed by atoms with Crippen LogP contribution < -0.4 is 20.7 Å². The van der Waals surface area contributed by atoms with E-state index in [1.54, 1.807) is 0 Å². The van der Waals surface area contributed by atoms with Gasteiger partial charge in [0.1, 0.15) is 11.4 Å². The van der Waals surface area contributed by atoms with Crippen molar-refractivity contribution in [3.8, 4) is 5.75 Å². The van der Waals surface area contributed by atoms with Crippen molar-refractivity contribution in [1.82, 2.24) is 0 Å². The van der Waals surface area contributed by atoms with Crippen LogP contribution in [0.1, 0.15) is 6.92 Å². The molecule has 4 aromatic carbocycles. The largest absolute Gasteiger partial charge is 0.492 e. The summed E-state index contributed by atoms with van der Waals surface area (Å²) in [6.45, 7) is 2.62. The highest BCUT2D eigenvalue weighted by Gasteiger charge is 2.27. The molecule has 2 nitrogen and oxygen atoms in total. The van der Waals surface area contributed by atoms with E-state index in [0.717, 1.165) is 11.4 Å². The monoisotopic (exact) mass is 397 g/mol. The molecule has 0 fully saturated rings. The highest BCUT2D eigenvalue weighted by molar-refractivity contribution is 7.87. The standard InChI is InChI=1S/C26H24NOP/c1-2-28-26-21-13-12-20-25(26)27-29(22-14-6-3-7-15-22,23-16-8-4-9-17-23)24-18-10-5-11-19-24/h3-21H,2H2,1H3. The highest BCUT2D eigenvalue weighted by Crippen LogP contribution is 2.50. The number of para-hydroxylation sites is 1. The molecule has 0 heterocycles. The molecule has 0 aliphatic carbocycles. The van der Waals surface area contributed by atoms with Gasteiger partial charge in [0.05, 0.1) is 13.7 Å². The Balaban J connectivity index is 2.12. The van der Waals surface area contributed by atoms with E-state index in [1.807, 2.05) is 25.1 Å². The first-order chi connectivity index (χ1) is 14.3. The summed E-state index contributed by atoms with van der Waals surface area (Å²) in [6.07, 6.45) is 0. The van der Waals surface area contributed by atoms with Crippen LogP contribution in [0.5, 0.6) is 5.75 Å². The van der Waals surface area contributed by atoms with E-state index < -0.39 is 7.05 Å². The number of benzene rings is 4. The lowest BCUT2D eigenvalue weighted by molar-refractivity contribution is 0.341. The fourth-order valence-corrected chi connectivity index (χ4v) is 7.07. The van der Waals surface area contributed by atoms with Crippen molar-refractivity contribution in [1.29, 1.82) is 0 Å². The minimum atomic E-state index is -2.28. The van der Waals surface area contributed by atoms with Crippen LogP contribution in [0.25, 0.3) is 0 Å². The number of rotatable bonds is 6. The van der Waals surface area contributed by atoms with Crippen LogP contribution in [0, 0.1) is 0 Å². The van der Waals surface area contributed by atoms with E-state index >= 15 is 0 Å². The van der Waals surface area contributed by atoms with Gasteiger partial charge in [-0.15, -0.1) is 0 Å². The fourth-order valence-electron chi connectivity index (χ4n) is 3.53.